The van der Waals surface area contributed by atoms with E-state index in [0.29, 0.717) is 44.3 Å². The lowest BCUT2D eigenvalue weighted by molar-refractivity contribution is -0.126. The van der Waals surface area contributed by atoms with Crippen molar-refractivity contribution in [3.05, 3.63) is 35.6 Å². The first-order valence-electron chi connectivity index (χ1n) is 15.9. The van der Waals surface area contributed by atoms with Gasteiger partial charge in [0.2, 0.25) is 15.9 Å². The second kappa shape index (κ2) is 13.8. The summed E-state index contributed by atoms with van der Waals surface area (Å²) in [6.07, 6.45) is 5.60. The van der Waals surface area contributed by atoms with Crippen molar-refractivity contribution in [1.29, 1.82) is 0 Å². The monoisotopic (exact) mass is 622 g/mol. The Morgan fingerprint density at radius 2 is 1.81 bits per heavy atom. The molecule has 0 radical (unpaired) electrons. The van der Waals surface area contributed by atoms with E-state index in [4.69, 9.17) is 4.74 Å². The zero-order chi connectivity index (χ0) is 30.7. The minimum Gasteiger partial charge on any atom is -0.465 e. The van der Waals surface area contributed by atoms with Gasteiger partial charge in [0, 0.05) is 37.1 Å². The molecule has 1 saturated carbocycles. The van der Waals surface area contributed by atoms with Gasteiger partial charge in [-0.15, -0.1) is 0 Å². The molecule has 3 heterocycles. The summed E-state index contributed by atoms with van der Waals surface area (Å²) < 4.78 is 47.4. The third-order valence-electron chi connectivity index (χ3n) is 10.0. The normalized spacial score (nSPS) is 35.3. The Hall–Kier alpha value is -2.28. The number of benzene rings is 1. The lowest BCUT2D eigenvalue weighted by Gasteiger charge is -2.40. The Kier molecular flexibility index (Phi) is 10.3. The molecule has 0 aromatic heterocycles. The highest BCUT2D eigenvalue weighted by Gasteiger charge is 2.42. The zero-order valence-electron chi connectivity index (χ0n) is 25.2. The van der Waals surface area contributed by atoms with Crippen molar-refractivity contribution in [2.24, 2.45) is 11.8 Å². The molecule has 3 aliphatic heterocycles. The van der Waals surface area contributed by atoms with Crippen molar-refractivity contribution in [2.45, 2.75) is 114 Å². The first-order valence-corrected chi connectivity index (χ1v) is 17.5. The summed E-state index contributed by atoms with van der Waals surface area (Å²) >= 11 is 0. The summed E-state index contributed by atoms with van der Waals surface area (Å²) in [5.41, 5.74) is 0.714. The number of amides is 2. The number of fused-ring (bicyclic) bond motifs is 2. The van der Waals surface area contributed by atoms with Crippen molar-refractivity contribution in [3.63, 3.8) is 0 Å². The van der Waals surface area contributed by atoms with Crippen LogP contribution in [0.3, 0.4) is 0 Å². The highest BCUT2D eigenvalue weighted by Crippen LogP contribution is 2.39. The molecule has 43 heavy (non-hydrogen) atoms. The first-order chi connectivity index (χ1) is 20.5. The van der Waals surface area contributed by atoms with Crippen LogP contribution in [-0.2, 0) is 19.6 Å². The Bertz CT molecular complexity index is 1220. The summed E-state index contributed by atoms with van der Waals surface area (Å²) in [5.74, 6) is -0.952. The number of sulfonamides is 1. The van der Waals surface area contributed by atoms with Crippen LogP contribution in [0.1, 0.15) is 83.1 Å². The van der Waals surface area contributed by atoms with Crippen LogP contribution in [-0.4, -0.2) is 85.0 Å². The van der Waals surface area contributed by atoms with Gasteiger partial charge in [-0.1, -0.05) is 18.6 Å². The molecule has 10 nitrogen and oxygen atoms in total. The van der Waals surface area contributed by atoms with E-state index in [0.717, 1.165) is 32.1 Å². The molecule has 12 heteroatoms. The summed E-state index contributed by atoms with van der Waals surface area (Å²) in [6.45, 7) is 5.12. The zero-order valence-corrected chi connectivity index (χ0v) is 26.0. The summed E-state index contributed by atoms with van der Waals surface area (Å²) in [4.78, 5) is 26.0. The average Bonchev–Trinajstić information content (AvgIpc) is 3.34. The molecule has 2 bridgehead atoms. The highest BCUT2D eigenvalue weighted by molar-refractivity contribution is 7.89. The molecule has 5 rings (SSSR count). The quantitative estimate of drug-likeness (QED) is 0.331. The fourth-order valence-corrected chi connectivity index (χ4v) is 9.93. The fraction of sp³-hybridized carbons (Fsp3) is 0.742. The van der Waals surface area contributed by atoms with Crippen LogP contribution in [0.5, 0.6) is 0 Å². The van der Waals surface area contributed by atoms with Gasteiger partial charge in [-0.2, -0.15) is 4.31 Å². The van der Waals surface area contributed by atoms with Crippen molar-refractivity contribution in [1.82, 2.24) is 20.3 Å². The van der Waals surface area contributed by atoms with E-state index in [-0.39, 0.29) is 53.8 Å². The lowest BCUT2D eigenvalue weighted by atomic mass is 9.74. The molecule has 4 fully saturated rings. The number of hydrogen-bond acceptors (Lipinski definition) is 6. The van der Waals surface area contributed by atoms with Gasteiger partial charge < -0.3 is 25.8 Å². The Morgan fingerprint density at radius 1 is 1.09 bits per heavy atom. The number of carbonyl (C=O) groups excluding carboxylic acids is 1. The van der Waals surface area contributed by atoms with E-state index >= 15 is 0 Å². The Labute approximate surface area is 254 Å². The van der Waals surface area contributed by atoms with Gasteiger partial charge in [0.1, 0.15) is 11.9 Å². The van der Waals surface area contributed by atoms with E-state index < -0.39 is 33.9 Å². The number of carbonyl (C=O) groups is 2. The number of nitrogens with one attached hydrogen (secondary N) is 3. The average molecular weight is 623 g/mol. The molecule has 0 spiro atoms. The predicted molar refractivity (Wildman–Crippen MR) is 161 cm³/mol. The Balaban J connectivity index is 1.31. The van der Waals surface area contributed by atoms with Gasteiger partial charge in [0.25, 0.3) is 0 Å². The van der Waals surface area contributed by atoms with Gasteiger partial charge >= 0.3 is 6.09 Å². The minimum atomic E-state index is -3.27. The van der Waals surface area contributed by atoms with Gasteiger partial charge in [-0.05, 0) is 94.7 Å². The standard InChI is InChI=1S/C31H47FN4O6S/c1-19-15-23(16-20(2)42-19)28(22-8-11-24(32)12-9-22)29(35-31(38)39)30(37)34-27-7-3-5-21(27)10-13-26-17-33-25-6-4-14-43(40,41)36(26)18-25/h8-9,11-12,19-21,23,25-29,33,35H,3-7,10,13-18H2,1-2H3,(H,34,37)(H,38,39)/t19-,20+,21-,23?,25-,26+,27+,28+,29+/m1/s1. The second-order valence-electron chi connectivity index (χ2n) is 13.2. The van der Waals surface area contributed by atoms with E-state index in [1.165, 1.54) is 12.1 Å². The molecule has 240 valence electrons. The van der Waals surface area contributed by atoms with E-state index in [1.807, 2.05) is 13.8 Å². The predicted octanol–water partition coefficient (Wildman–Crippen LogP) is 3.58. The number of halogens is 1. The van der Waals surface area contributed by atoms with Crippen LogP contribution in [0.25, 0.3) is 0 Å². The SMILES string of the molecule is C[C@@H]1CC([C@H](c2ccc(F)cc2)[C@H](NC(=O)O)C(=O)N[C@H]2CCC[C@@H]2CC[C@H]2CN[C@@H]3CCCS(=O)(=O)N2C3)C[C@H](C)O1. The van der Waals surface area contributed by atoms with Crippen LogP contribution >= 0.6 is 0 Å². The van der Waals surface area contributed by atoms with Crippen LogP contribution in [0.4, 0.5) is 9.18 Å². The molecule has 1 aromatic rings. The number of rotatable bonds is 9. The third kappa shape index (κ3) is 7.87. The van der Waals surface area contributed by atoms with Crippen LogP contribution in [0.2, 0.25) is 0 Å². The topological polar surface area (TPSA) is 137 Å². The van der Waals surface area contributed by atoms with E-state index in [9.17, 15) is 27.5 Å². The Morgan fingerprint density at radius 3 is 2.51 bits per heavy atom. The third-order valence-corrected chi connectivity index (χ3v) is 12.0. The summed E-state index contributed by atoms with van der Waals surface area (Å²) in [5, 5.41) is 19.1. The molecule has 1 aromatic carbocycles. The molecule has 4 aliphatic rings. The van der Waals surface area contributed by atoms with Crippen molar-refractivity contribution < 1.29 is 32.2 Å². The smallest absolute Gasteiger partial charge is 0.405 e. The first kappa shape index (κ1) is 32.1. The number of ether oxygens (including phenoxy) is 1. The van der Waals surface area contributed by atoms with Crippen LogP contribution in [0, 0.1) is 17.7 Å². The molecular formula is C31H47FN4O6S. The van der Waals surface area contributed by atoms with Gasteiger partial charge in [0.05, 0.1) is 18.0 Å². The molecule has 3 saturated heterocycles. The summed E-state index contributed by atoms with van der Waals surface area (Å²) in [7, 11) is -3.27. The van der Waals surface area contributed by atoms with E-state index in [1.54, 1.807) is 16.4 Å². The minimum absolute atomic E-state index is 0.0515. The molecule has 1 aliphatic carbocycles. The van der Waals surface area contributed by atoms with Crippen LogP contribution in [0.15, 0.2) is 24.3 Å². The molecule has 10 atom stereocenters. The molecular weight excluding hydrogens is 575 g/mol. The molecule has 2 unspecified atom stereocenters. The van der Waals surface area contributed by atoms with Gasteiger partial charge in [-0.25, -0.2) is 17.6 Å². The summed E-state index contributed by atoms with van der Waals surface area (Å²) in [6, 6.07) is 4.91. The molecule has 4 N–H and O–H groups in total. The van der Waals surface area contributed by atoms with Gasteiger partial charge in [0.15, 0.2) is 0 Å². The highest BCUT2D eigenvalue weighted by atomic mass is 32.2. The maximum Gasteiger partial charge on any atom is 0.405 e. The van der Waals surface area contributed by atoms with Crippen molar-refractivity contribution in [2.75, 3.05) is 18.8 Å². The number of carboxylic acid groups (broad SMARTS) is 1. The lowest BCUT2D eigenvalue weighted by Crippen LogP contribution is -2.57. The largest absolute Gasteiger partial charge is 0.465 e. The van der Waals surface area contributed by atoms with Crippen molar-refractivity contribution in [3.8, 4) is 0 Å². The molecule has 2 amide bonds. The number of piperazine rings is 1. The van der Waals surface area contributed by atoms with Gasteiger partial charge in [-0.3, -0.25) is 4.79 Å². The fourth-order valence-electron chi connectivity index (χ4n) is 8.12. The number of hydrogen-bond donors (Lipinski definition) is 4. The maximum absolute atomic E-state index is 14.0. The maximum atomic E-state index is 14.0. The second-order valence-corrected chi connectivity index (χ2v) is 15.2. The number of nitrogens with zero attached hydrogens (tertiary/aromatic N) is 1. The van der Waals surface area contributed by atoms with Crippen molar-refractivity contribution >= 4 is 22.0 Å². The van der Waals surface area contributed by atoms with Crippen LogP contribution < -0.4 is 16.0 Å². The van der Waals surface area contributed by atoms with E-state index in [2.05, 4.69) is 16.0 Å².